The van der Waals surface area contributed by atoms with E-state index in [4.69, 9.17) is 21.8 Å². The van der Waals surface area contributed by atoms with E-state index in [0.29, 0.717) is 29.0 Å². The van der Waals surface area contributed by atoms with Gasteiger partial charge in [-0.3, -0.25) is 4.79 Å². The number of rotatable bonds is 8. The first-order chi connectivity index (χ1) is 18.1. The van der Waals surface area contributed by atoms with Crippen LogP contribution < -0.4 is 15.5 Å². The Morgan fingerprint density at radius 3 is 2.76 bits per heavy atom. The number of benzene rings is 2. The number of aliphatic hydroxyl groups excluding tert-OH is 2. The molecule has 0 aliphatic carbocycles. The van der Waals surface area contributed by atoms with Crippen LogP contribution in [0.4, 0.5) is 11.4 Å². The van der Waals surface area contributed by atoms with Crippen LogP contribution >= 0.6 is 24.0 Å². The molecule has 2 aromatic carbocycles. The number of nitrogens with one attached hydrogen (secondary N) is 2. The van der Waals surface area contributed by atoms with Gasteiger partial charge in [0.15, 0.2) is 5.65 Å². The molecule has 2 aromatic heterocycles. The first-order valence-electron chi connectivity index (χ1n) is 12.2. The third kappa shape index (κ3) is 6.61. The fourth-order valence-electron chi connectivity index (χ4n) is 4.58. The Bertz CT molecular complexity index is 1350. The second kappa shape index (κ2) is 14.1. The molecule has 11 heteroatoms. The summed E-state index contributed by atoms with van der Waals surface area (Å²) in [5, 5.41) is 27.4. The molecule has 0 unspecified atom stereocenters. The second-order valence-corrected chi connectivity index (χ2v) is 8.97. The summed E-state index contributed by atoms with van der Waals surface area (Å²) in [6.07, 6.45) is 5.61. The summed E-state index contributed by atoms with van der Waals surface area (Å²) in [4.78, 5) is 20.2. The van der Waals surface area contributed by atoms with E-state index < -0.39 is 0 Å². The van der Waals surface area contributed by atoms with Gasteiger partial charge in [0.1, 0.15) is 5.69 Å². The number of nitrogens with zero attached hydrogens (tertiary/aromatic N) is 4. The van der Waals surface area contributed by atoms with Crippen molar-refractivity contribution in [1.82, 2.24) is 19.9 Å². The lowest BCUT2D eigenvalue weighted by Crippen LogP contribution is -2.39. The van der Waals surface area contributed by atoms with Gasteiger partial charge in [-0.1, -0.05) is 35.9 Å². The lowest BCUT2D eigenvalue weighted by molar-refractivity contribution is 0.102. The molecule has 0 bridgehead atoms. The maximum atomic E-state index is 13.3. The zero-order valence-electron chi connectivity index (χ0n) is 21.0. The standard InChI is InChI=1S/C26H27ClN6O2.CH4O.ClH/c27-19-6-3-5-18(15-19)21-17-29-33-13-10-23(30-25(21)33)26(35)31-22-8-1-2-9-24(22)32-12-4-7-20(32)16-28-11-14-34;1-2;/h1-3,5-6,8-10,13,15,17,20,28,34H,4,7,11-12,14,16H2,(H,31,35);2H,1H3;1H/t20-;;/m1../s1. The summed E-state index contributed by atoms with van der Waals surface area (Å²) >= 11 is 6.17. The molecule has 0 spiro atoms. The summed E-state index contributed by atoms with van der Waals surface area (Å²) < 4.78 is 1.65. The topological polar surface area (TPSA) is 115 Å². The molecule has 1 aliphatic rings. The van der Waals surface area contributed by atoms with Crippen LogP contribution in [0.2, 0.25) is 5.02 Å². The number of carbonyl (C=O) groups is 1. The number of hydrogen-bond donors (Lipinski definition) is 4. The van der Waals surface area contributed by atoms with Crippen LogP contribution in [0.15, 0.2) is 67.0 Å². The number of para-hydroxylation sites is 2. The Morgan fingerprint density at radius 2 is 1.97 bits per heavy atom. The quantitative estimate of drug-likeness (QED) is 0.242. The summed E-state index contributed by atoms with van der Waals surface area (Å²) in [5.74, 6) is -0.285. The summed E-state index contributed by atoms with van der Waals surface area (Å²) in [5.41, 5.74) is 4.31. The average molecular weight is 559 g/mol. The van der Waals surface area contributed by atoms with Crippen molar-refractivity contribution in [1.29, 1.82) is 0 Å². The molecule has 3 heterocycles. The summed E-state index contributed by atoms with van der Waals surface area (Å²) in [7, 11) is 1.00. The predicted octanol–water partition coefficient (Wildman–Crippen LogP) is 3.88. The van der Waals surface area contributed by atoms with Crippen molar-refractivity contribution >= 4 is 46.9 Å². The molecule has 1 saturated heterocycles. The van der Waals surface area contributed by atoms with Crippen LogP contribution in [0, 0.1) is 0 Å². The van der Waals surface area contributed by atoms with Crippen molar-refractivity contribution < 1.29 is 15.0 Å². The minimum Gasteiger partial charge on any atom is -0.400 e. The molecule has 1 atom stereocenters. The molecule has 4 aromatic rings. The number of aromatic nitrogens is 3. The number of halogens is 2. The molecular formula is C27H32Cl2N6O3. The van der Waals surface area contributed by atoms with E-state index in [0.717, 1.165) is 55.5 Å². The monoisotopic (exact) mass is 558 g/mol. The van der Waals surface area contributed by atoms with Crippen LogP contribution in [0.3, 0.4) is 0 Å². The van der Waals surface area contributed by atoms with Gasteiger partial charge in [0, 0.05) is 49.6 Å². The van der Waals surface area contributed by atoms with Gasteiger partial charge in [0.2, 0.25) is 0 Å². The highest BCUT2D eigenvalue weighted by atomic mass is 35.5. The van der Waals surface area contributed by atoms with Crippen molar-refractivity contribution in [2.24, 2.45) is 0 Å². The molecular weight excluding hydrogens is 527 g/mol. The van der Waals surface area contributed by atoms with Crippen molar-refractivity contribution in [2.45, 2.75) is 18.9 Å². The number of aliphatic hydroxyl groups is 2. The molecule has 202 valence electrons. The Hall–Kier alpha value is -3.21. The van der Waals surface area contributed by atoms with Crippen LogP contribution in [0.1, 0.15) is 23.3 Å². The van der Waals surface area contributed by atoms with E-state index >= 15 is 0 Å². The molecule has 0 saturated carbocycles. The lowest BCUT2D eigenvalue weighted by atomic mass is 10.1. The van der Waals surface area contributed by atoms with Crippen molar-refractivity contribution in [3.63, 3.8) is 0 Å². The first-order valence-corrected chi connectivity index (χ1v) is 12.6. The van der Waals surface area contributed by atoms with Gasteiger partial charge in [-0.15, -0.1) is 12.4 Å². The van der Waals surface area contributed by atoms with Crippen LogP contribution in [0.25, 0.3) is 16.8 Å². The molecule has 4 N–H and O–H groups in total. The van der Waals surface area contributed by atoms with E-state index in [1.54, 1.807) is 23.0 Å². The van der Waals surface area contributed by atoms with E-state index in [-0.39, 0.29) is 24.9 Å². The van der Waals surface area contributed by atoms with Crippen LogP contribution in [-0.2, 0) is 0 Å². The molecule has 1 amide bonds. The van der Waals surface area contributed by atoms with Gasteiger partial charge in [-0.2, -0.15) is 5.10 Å². The van der Waals surface area contributed by atoms with E-state index in [1.807, 2.05) is 48.5 Å². The Balaban J connectivity index is 0.00000130. The third-order valence-electron chi connectivity index (χ3n) is 6.24. The number of carbonyl (C=O) groups excluding carboxylic acids is 1. The zero-order valence-corrected chi connectivity index (χ0v) is 22.6. The maximum absolute atomic E-state index is 13.3. The number of amides is 1. The van der Waals surface area contributed by atoms with Gasteiger partial charge in [0.05, 0.1) is 24.2 Å². The Labute approximate surface area is 232 Å². The molecule has 1 aliphatic heterocycles. The highest BCUT2D eigenvalue weighted by molar-refractivity contribution is 6.30. The van der Waals surface area contributed by atoms with Gasteiger partial charge >= 0.3 is 0 Å². The molecule has 1 fully saturated rings. The minimum absolute atomic E-state index is 0. The molecule has 5 rings (SSSR count). The fourth-order valence-corrected chi connectivity index (χ4v) is 4.77. The summed E-state index contributed by atoms with van der Waals surface area (Å²) in [6.45, 7) is 2.39. The van der Waals surface area contributed by atoms with E-state index in [2.05, 4.69) is 25.6 Å². The summed E-state index contributed by atoms with van der Waals surface area (Å²) in [6, 6.07) is 17.3. The fraction of sp³-hybridized carbons (Fsp3) is 0.296. The Morgan fingerprint density at radius 1 is 1.16 bits per heavy atom. The number of anilines is 2. The van der Waals surface area contributed by atoms with Crippen molar-refractivity contribution in [2.75, 3.05) is 43.6 Å². The molecule has 38 heavy (non-hydrogen) atoms. The lowest BCUT2D eigenvalue weighted by Gasteiger charge is -2.29. The molecule has 0 radical (unpaired) electrons. The van der Waals surface area contributed by atoms with E-state index in [1.165, 1.54) is 0 Å². The largest absolute Gasteiger partial charge is 0.400 e. The van der Waals surface area contributed by atoms with Gasteiger partial charge < -0.3 is 25.7 Å². The average Bonchev–Trinajstić information content (AvgIpc) is 3.57. The van der Waals surface area contributed by atoms with Gasteiger partial charge in [0.25, 0.3) is 5.91 Å². The predicted molar refractivity (Wildman–Crippen MR) is 154 cm³/mol. The highest BCUT2D eigenvalue weighted by Crippen LogP contribution is 2.32. The highest BCUT2D eigenvalue weighted by Gasteiger charge is 2.26. The van der Waals surface area contributed by atoms with Crippen molar-refractivity contribution in [3.05, 3.63) is 77.7 Å². The van der Waals surface area contributed by atoms with Crippen LogP contribution in [0.5, 0.6) is 0 Å². The zero-order chi connectivity index (χ0) is 26.2. The van der Waals surface area contributed by atoms with Gasteiger partial charge in [-0.05, 0) is 48.7 Å². The maximum Gasteiger partial charge on any atom is 0.274 e. The van der Waals surface area contributed by atoms with Crippen LogP contribution in [-0.4, -0.2) is 70.1 Å². The third-order valence-corrected chi connectivity index (χ3v) is 6.48. The first kappa shape index (κ1) is 29.3. The SMILES string of the molecule is CO.Cl.O=C(Nc1ccccc1N1CCC[C@@H]1CNCCO)c1ccn2ncc(-c3cccc(Cl)c3)c2n1. The van der Waals surface area contributed by atoms with Gasteiger partial charge in [-0.25, -0.2) is 9.50 Å². The number of hydrogen-bond acceptors (Lipinski definition) is 7. The van der Waals surface area contributed by atoms with Crippen molar-refractivity contribution in [3.8, 4) is 11.1 Å². The Kier molecular flexibility index (Phi) is 10.9. The smallest absolute Gasteiger partial charge is 0.274 e. The van der Waals surface area contributed by atoms with E-state index in [9.17, 15) is 4.79 Å². The number of fused-ring (bicyclic) bond motifs is 1. The minimum atomic E-state index is -0.285. The molecule has 9 nitrogen and oxygen atoms in total. The second-order valence-electron chi connectivity index (χ2n) is 8.54. The normalized spacial score (nSPS) is 14.5.